The Morgan fingerprint density at radius 3 is 2.95 bits per heavy atom. The van der Waals surface area contributed by atoms with E-state index in [1.807, 2.05) is 4.90 Å². The topological polar surface area (TPSA) is 62.7 Å². The van der Waals surface area contributed by atoms with Crippen molar-refractivity contribution in [3.05, 3.63) is 15.6 Å². The molecule has 0 atom stereocenters. The Bertz CT molecular complexity index is 470. The van der Waals surface area contributed by atoms with Crippen molar-refractivity contribution in [3.8, 4) is 0 Å². The monoisotopic (exact) mass is 284 g/mol. The number of methoxy groups -OCH3 is 1. The first-order valence-electron chi connectivity index (χ1n) is 6.40. The van der Waals surface area contributed by atoms with Gasteiger partial charge in [0.15, 0.2) is 0 Å². The average Bonchev–Trinajstić information content (AvgIpc) is 2.77. The molecule has 0 fully saturated rings. The van der Waals surface area contributed by atoms with Gasteiger partial charge in [0.2, 0.25) is 0 Å². The third-order valence-corrected chi connectivity index (χ3v) is 4.75. The predicted octanol–water partition coefficient (Wildman–Crippen LogP) is 1.55. The molecule has 0 spiro atoms. The maximum absolute atomic E-state index is 11.3. The van der Waals surface area contributed by atoms with Gasteiger partial charge in [-0.3, -0.25) is 9.69 Å². The molecular formula is C13H20N2O3S. The number of carboxylic acids is 1. The van der Waals surface area contributed by atoms with E-state index in [0.29, 0.717) is 13.2 Å². The van der Waals surface area contributed by atoms with Crippen LogP contribution in [0.1, 0.15) is 29.4 Å². The number of carboxylic acid groups (broad SMARTS) is 1. The van der Waals surface area contributed by atoms with Gasteiger partial charge in [-0.25, -0.2) is 4.98 Å². The highest BCUT2D eigenvalue weighted by molar-refractivity contribution is 7.11. The maximum Gasteiger partial charge on any atom is 0.323 e. The molecule has 0 radical (unpaired) electrons. The van der Waals surface area contributed by atoms with Crippen molar-refractivity contribution in [1.29, 1.82) is 0 Å². The molecule has 1 aliphatic rings. The lowest BCUT2D eigenvalue weighted by atomic mass is 10.00. The zero-order valence-corrected chi connectivity index (χ0v) is 12.4. The number of hydrogen-bond donors (Lipinski definition) is 1. The smallest absolute Gasteiger partial charge is 0.323 e. The van der Waals surface area contributed by atoms with Crippen LogP contribution in [0.5, 0.6) is 0 Å². The zero-order valence-electron chi connectivity index (χ0n) is 11.6. The van der Waals surface area contributed by atoms with E-state index in [2.05, 4.69) is 4.98 Å². The van der Waals surface area contributed by atoms with Crippen LogP contribution in [0.2, 0.25) is 0 Å². The molecule has 0 aliphatic carbocycles. The minimum Gasteiger partial charge on any atom is -0.480 e. The summed E-state index contributed by atoms with van der Waals surface area (Å²) in [6.45, 7) is 5.62. The molecule has 1 N–H and O–H groups in total. The third-order valence-electron chi connectivity index (χ3n) is 3.61. The van der Waals surface area contributed by atoms with Gasteiger partial charge in [0.25, 0.3) is 0 Å². The molecule has 0 amide bonds. The average molecular weight is 284 g/mol. The van der Waals surface area contributed by atoms with Crippen molar-refractivity contribution in [2.45, 2.75) is 38.8 Å². The molecule has 5 nitrogen and oxygen atoms in total. The summed E-state index contributed by atoms with van der Waals surface area (Å²) >= 11 is 1.68. The Balaban J connectivity index is 2.11. The molecule has 1 aromatic rings. The fourth-order valence-corrected chi connectivity index (χ4v) is 3.27. The lowest BCUT2D eigenvalue weighted by Crippen LogP contribution is -2.51. The van der Waals surface area contributed by atoms with Crippen LogP contribution in [0.4, 0.5) is 0 Å². The van der Waals surface area contributed by atoms with E-state index in [0.717, 1.165) is 30.1 Å². The fraction of sp³-hybridized carbons (Fsp3) is 0.692. The summed E-state index contributed by atoms with van der Waals surface area (Å²) in [6, 6.07) is 0. The molecular weight excluding hydrogens is 264 g/mol. The lowest BCUT2D eigenvalue weighted by molar-refractivity contribution is -0.150. The summed E-state index contributed by atoms with van der Waals surface area (Å²) in [4.78, 5) is 19.1. The van der Waals surface area contributed by atoms with Crippen LogP contribution in [0.3, 0.4) is 0 Å². The fourth-order valence-electron chi connectivity index (χ4n) is 2.16. The first-order chi connectivity index (χ1) is 8.95. The van der Waals surface area contributed by atoms with Crippen LogP contribution in [-0.4, -0.2) is 46.8 Å². The number of aliphatic carboxylic acids is 1. The van der Waals surface area contributed by atoms with Crippen LogP contribution in [0.25, 0.3) is 0 Å². The molecule has 19 heavy (non-hydrogen) atoms. The van der Waals surface area contributed by atoms with Gasteiger partial charge in [0, 0.05) is 37.9 Å². The highest BCUT2D eigenvalue weighted by Crippen LogP contribution is 2.29. The second-order valence-corrected chi connectivity index (χ2v) is 6.42. The van der Waals surface area contributed by atoms with Crippen LogP contribution >= 0.6 is 11.3 Å². The Hall–Kier alpha value is -0.980. The summed E-state index contributed by atoms with van der Waals surface area (Å²) in [5, 5.41) is 10.4. The van der Waals surface area contributed by atoms with Gasteiger partial charge in [-0.1, -0.05) is 0 Å². The minimum absolute atomic E-state index is 0.677. The molecule has 6 heteroatoms. The number of carbonyl (C=O) groups is 1. The number of aromatic nitrogens is 1. The lowest BCUT2D eigenvalue weighted by Gasteiger charge is -2.37. The van der Waals surface area contributed by atoms with Crippen molar-refractivity contribution >= 4 is 17.3 Å². The molecule has 0 saturated carbocycles. The Morgan fingerprint density at radius 1 is 1.58 bits per heavy atom. The van der Waals surface area contributed by atoms with E-state index in [-0.39, 0.29) is 0 Å². The first kappa shape index (κ1) is 14.4. The summed E-state index contributed by atoms with van der Waals surface area (Å²) in [6.07, 6.45) is 1.66. The van der Waals surface area contributed by atoms with E-state index in [9.17, 15) is 9.90 Å². The van der Waals surface area contributed by atoms with Gasteiger partial charge < -0.3 is 9.84 Å². The molecule has 2 heterocycles. The van der Waals surface area contributed by atoms with Crippen LogP contribution in [0.15, 0.2) is 0 Å². The van der Waals surface area contributed by atoms with Crippen molar-refractivity contribution in [1.82, 2.24) is 9.88 Å². The number of rotatable bonds is 5. The second-order valence-electron chi connectivity index (χ2n) is 5.26. The zero-order chi connectivity index (χ0) is 14.0. The van der Waals surface area contributed by atoms with Crippen molar-refractivity contribution in [2.24, 2.45) is 0 Å². The van der Waals surface area contributed by atoms with E-state index >= 15 is 0 Å². The molecule has 0 bridgehead atoms. The van der Waals surface area contributed by atoms with Gasteiger partial charge >= 0.3 is 5.97 Å². The minimum atomic E-state index is -0.825. The van der Waals surface area contributed by atoms with Crippen LogP contribution in [-0.2, 0) is 28.9 Å². The van der Waals surface area contributed by atoms with Gasteiger partial charge in [0.1, 0.15) is 5.54 Å². The molecule has 0 unspecified atom stereocenters. The maximum atomic E-state index is 11.3. The van der Waals surface area contributed by atoms with E-state index in [1.54, 1.807) is 32.3 Å². The quantitative estimate of drug-likeness (QED) is 0.889. The third kappa shape index (κ3) is 2.96. The van der Waals surface area contributed by atoms with Gasteiger partial charge in [-0.2, -0.15) is 0 Å². The number of fused-ring (bicyclic) bond motifs is 1. The van der Waals surface area contributed by atoms with Crippen LogP contribution in [0, 0.1) is 0 Å². The van der Waals surface area contributed by atoms with E-state index in [1.165, 1.54) is 4.88 Å². The normalized spacial score (nSPS) is 16.4. The van der Waals surface area contributed by atoms with Gasteiger partial charge in [-0.05, 0) is 13.8 Å². The number of thiazole rings is 1. The van der Waals surface area contributed by atoms with Crippen molar-refractivity contribution in [2.75, 3.05) is 20.3 Å². The molecule has 0 saturated heterocycles. The summed E-state index contributed by atoms with van der Waals surface area (Å²) in [5.41, 5.74) is 0.308. The van der Waals surface area contributed by atoms with E-state index in [4.69, 9.17) is 4.74 Å². The Kier molecular flexibility index (Phi) is 4.23. The molecule has 106 valence electrons. The molecule has 1 aliphatic heterocycles. The largest absolute Gasteiger partial charge is 0.480 e. The summed E-state index contributed by atoms with van der Waals surface area (Å²) in [5.74, 6) is -0.778. The van der Waals surface area contributed by atoms with Gasteiger partial charge in [0.05, 0.1) is 17.3 Å². The molecule has 0 aromatic carbocycles. The standard InChI is InChI=1S/C13H20N2O3S/c1-13(2,12(16)17)15-6-4-9-10(8-15)19-11(14-9)5-7-18-3/h4-8H2,1-3H3,(H,16,17). The highest BCUT2D eigenvalue weighted by atomic mass is 32.1. The van der Waals surface area contributed by atoms with Crippen molar-refractivity contribution < 1.29 is 14.6 Å². The van der Waals surface area contributed by atoms with Crippen molar-refractivity contribution in [3.63, 3.8) is 0 Å². The summed E-state index contributed by atoms with van der Waals surface area (Å²) < 4.78 is 5.06. The van der Waals surface area contributed by atoms with E-state index < -0.39 is 11.5 Å². The molecule has 1 aromatic heterocycles. The highest BCUT2D eigenvalue weighted by Gasteiger charge is 2.37. The number of ether oxygens (including phenoxy) is 1. The van der Waals surface area contributed by atoms with Gasteiger partial charge in [-0.15, -0.1) is 11.3 Å². The second kappa shape index (κ2) is 5.56. The number of nitrogens with zero attached hydrogens (tertiary/aromatic N) is 2. The predicted molar refractivity (Wildman–Crippen MR) is 73.5 cm³/mol. The SMILES string of the molecule is COCCc1nc2c(s1)CN(C(C)(C)C(=O)O)CC2. The Labute approximate surface area is 117 Å². The Morgan fingerprint density at radius 2 is 2.32 bits per heavy atom. The van der Waals surface area contributed by atoms with Crippen LogP contribution < -0.4 is 0 Å². The molecule has 2 rings (SSSR count). The number of hydrogen-bond acceptors (Lipinski definition) is 5. The first-order valence-corrected chi connectivity index (χ1v) is 7.21. The summed E-state index contributed by atoms with van der Waals surface area (Å²) in [7, 11) is 1.69.